The molecule has 3 rings (SSSR count). The van der Waals surface area contributed by atoms with Gasteiger partial charge in [0, 0.05) is 24.6 Å². The van der Waals surface area contributed by atoms with Crippen molar-refractivity contribution in [1.82, 2.24) is 9.97 Å². The summed E-state index contributed by atoms with van der Waals surface area (Å²) in [5.41, 5.74) is 4.63. The van der Waals surface area contributed by atoms with Crippen LogP contribution in [0.15, 0.2) is 54.9 Å². The molecule has 0 spiro atoms. The lowest BCUT2D eigenvalue weighted by Gasteiger charge is -2.13. The molecule has 0 aliphatic rings. The van der Waals surface area contributed by atoms with E-state index in [1.165, 1.54) is 5.56 Å². The van der Waals surface area contributed by atoms with E-state index >= 15 is 0 Å². The van der Waals surface area contributed by atoms with Crippen LogP contribution in [0.4, 0.5) is 11.6 Å². The fourth-order valence-corrected chi connectivity index (χ4v) is 3.04. The number of ether oxygens (including phenoxy) is 1. The summed E-state index contributed by atoms with van der Waals surface area (Å²) in [6.45, 7) is 4.75. The lowest BCUT2D eigenvalue weighted by molar-refractivity contribution is 0.102. The molecule has 1 amide bonds. The molecule has 150 valence electrons. The van der Waals surface area contributed by atoms with Gasteiger partial charge in [-0.05, 0) is 48.6 Å². The number of amides is 1. The number of para-hydroxylation sites is 1. The molecule has 0 saturated heterocycles. The second-order valence-electron chi connectivity index (χ2n) is 6.74. The van der Waals surface area contributed by atoms with E-state index in [0.717, 1.165) is 35.4 Å². The largest absolute Gasteiger partial charge is 0.497 e. The number of anilines is 2. The smallest absolute Gasteiger partial charge is 0.258 e. The number of carbonyl (C=O) groups is 1. The van der Waals surface area contributed by atoms with Gasteiger partial charge in [-0.2, -0.15) is 0 Å². The molecule has 0 atom stereocenters. The number of methoxy groups -OCH3 is 1. The second kappa shape index (κ2) is 9.68. The third-order valence-electron chi connectivity index (χ3n) is 4.75. The van der Waals surface area contributed by atoms with Crippen LogP contribution in [0.2, 0.25) is 0 Å². The molecule has 2 aromatic carbocycles. The zero-order valence-electron chi connectivity index (χ0n) is 17.0. The maximum absolute atomic E-state index is 12.6. The molecule has 1 heterocycles. The number of benzene rings is 2. The van der Waals surface area contributed by atoms with Crippen molar-refractivity contribution in [3.63, 3.8) is 0 Å². The Morgan fingerprint density at radius 3 is 2.45 bits per heavy atom. The lowest BCUT2D eigenvalue weighted by atomic mass is 10.1. The van der Waals surface area contributed by atoms with Crippen LogP contribution in [-0.4, -0.2) is 29.5 Å². The minimum absolute atomic E-state index is 0.209. The van der Waals surface area contributed by atoms with Gasteiger partial charge in [-0.1, -0.05) is 37.3 Å². The molecule has 29 heavy (non-hydrogen) atoms. The molecule has 6 heteroatoms. The molecule has 0 fully saturated rings. The molecule has 3 aromatic rings. The van der Waals surface area contributed by atoms with E-state index in [9.17, 15) is 4.79 Å². The first-order chi connectivity index (χ1) is 14.1. The average Bonchev–Trinajstić information content (AvgIpc) is 2.76. The fraction of sp³-hybridized carbons (Fsp3) is 0.261. The van der Waals surface area contributed by atoms with Crippen LogP contribution in [-0.2, 0) is 12.8 Å². The van der Waals surface area contributed by atoms with Gasteiger partial charge in [-0.3, -0.25) is 4.79 Å². The highest BCUT2D eigenvalue weighted by molar-refractivity contribution is 6.04. The van der Waals surface area contributed by atoms with Gasteiger partial charge >= 0.3 is 0 Å². The Hall–Kier alpha value is -3.41. The maximum Gasteiger partial charge on any atom is 0.258 e. The Morgan fingerprint density at radius 1 is 1.07 bits per heavy atom. The van der Waals surface area contributed by atoms with Crippen molar-refractivity contribution in [3.8, 4) is 5.75 Å². The van der Waals surface area contributed by atoms with Crippen LogP contribution in [0, 0.1) is 6.92 Å². The molecule has 0 bridgehead atoms. The number of aryl methyl sites for hydroxylation is 2. The van der Waals surface area contributed by atoms with Crippen LogP contribution >= 0.6 is 0 Å². The summed E-state index contributed by atoms with van der Waals surface area (Å²) in [6, 6.07) is 14.0. The van der Waals surface area contributed by atoms with Crippen LogP contribution in [0.3, 0.4) is 0 Å². The third kappa shape index (κ3) is 5.31. The van der Waals surface area contributed by atoms with Crippen molar-refractivity contribution in [1.29, 1.82) is 0 Å². The molecule has 0 aliphatic heterocycles. The molecule has 0 aliphatic carbocycles. The van der Waals surface area contributed by atoms with Crippen LogP contribution in [0.1, 0.15) is 34.0 Å². The van der Waals surface area contributed by atoms with E-state index in [0.29, 0.717) is 18.1 Å². The summed E-state index contributed by atoms with van der Waals surface area (Å²) in [7, 11) is 1.65. The third-order valence-corrected chi connectivity index (χ3v) is 4.75. The minimum Gasteiger partial charge on any atom is -0.497 e. The zero-order chi connectivity index (χ0) is 20.6. The summed E-state index contributed by atoms with van der Waals surface area (Å²) >= 11 is 0. The highest BCUT2D eigenvalue weighted by Gasteiger charge is 2.11. The van der Waals surface area contributed by atoms with E-state index < -0.39 is 0 Å². The Balaban J connectivity index is 1.56. The molecule has 0 radical (unpaired) electrons. The predicted octanol–water partition coefficient (Wildman–Crippen LogP) is 4.26. The van der Waals surface area contributed by atoms with Crippen LogP contribution < -0.4 is 15.4 Å². The highest BCUT2D eigenvalue weighted by atomic mass is 16.5. The number of rotatable bonds is 8. The van der Waals surface area contributed by atoms with Gasteiger partial charge in [0.15, 0.2) is 0 Å². The van der Waals surface area contributed by atoms with E-state index in [2.05, 4.69) is 27.5 Å². The first-order valence-corrected chi connectivity index (χ1v) is 9.69. The topological polar surface area (TPSA) is 76.1 Å². The number of hydrogen-bond acceptors (Lipinski definition) is 5. The van der Waals surface area contributed by atoms with Gasteiger partial charge in [0.25, 0.3) is 5.91 Å². The van der Waals surface area contributed by atoms with Crippen LogP contribution in [0.25, 0.3) is 0 Å². The van der Waals surface area contributed by atoms with Crippen molar-refractivity contribution in [2.24, 2.45) is 0 Å². The quantitative estimate of drug-likeness (QED) is 0.601. The van der Waals surface area contributed by atoms with E-state index in [1.807, 2.05) is 49.4 Å². The number of aromatic nitrogens is 2. The number of nitrogens with zero attached hydrogens (tertiary/aromatic N) is 2. The van der Waals surface area contributed by atoms with Gasteiger partial charge in [0.2, 0.25) is 5.95 Å². The standard InChI is InChI=1S/C23H26N4O2/c1-4-18-7-5-6-16(2)21(18)27-22(28)19-14-25-23(26-15-19)24-13-12-17-8-10-20(29-3)11-9-17/h5-11,14-15H,4,12-13H2,1-3H3,(H,27,28)(H,24,25,26). The van der Waals surface area contributed by atoms with Crippen LogP contribution in [0.5, 0.6) is 5.75 Å². The van der Waals surface area contributed by atoms with Gasteiger partial charge in [-0.25, -0.2) is 9.97 Å². The van der Waals surface area contributed by atoms with Gasteiger partial charge in [0.05, 0.1) is 12.7 Å². The number of carbonyl (C=O) groups excluding carboxylic acids is 1. The molecule has 0 saturated carbocycles. The van der Waals surface area contributed by atoms with Gasteiger partial charge < -0.3 is 15.4 Å². The lowest BCUT2D eigenvalue weighted by Crippen LogP contribution is -2.16. The summed E-state index contributed by atoms with van der Waals surface area (Å²) in [4.78, 5) is 21.1. The molecule has 1 aromatic heterocycles. The first kappa shape index (κ1) is 20.3. The van der Waals surface area contributed by atoms with Crippen molar-refractivity contribution < 1.29 is 9.53 Å². The summed E-state index contributed by atoms with van der Waals surface area (Å²) in [5, 5.41) is 6.17. The summed E-state index contributed by atoms with van der Waals surface area (Å²) < 4.78 is 5.16. The van der Waals surface area contributed by atoms with Crippen molar-refractivity contribution >= 4 is 17.5 Å². The predicted molar refractivity (Wildman–Crippen MR) is 116 cm³/mol. The number of hydrogen-bond donors (Lipinski definition) is 2. The zero-order valence-corrected chi connectivity index (χ0v) is 17.0. The second-order valence-corrected chi connectivity index (χ2v) is 6.74. The first-order valence-electron chi connectivity index (χ1n) is 9.69. The molecular weight excluding hydrogens is 364 g/mol. The van der Waals surface area contributed by atoms with Crippen molar-refractivity contribution in [2.75, 3.05) is 24.3 Å². The highest BCUT2D eigenvalue weighted by Crippen LogP contribution is 2.21. The van der Waals surface area contributed by atoms with Gasteiger partial charge in [-0.15, -0.1) is 0 Å². The Bertz CT molecular complexity index is 954. The maximum atomic E-state index is 12.6. The molecule has 6 nitrogen and oxygen atoms in total. The molecule has 0 unspecified atom stereocenters. The fourth-order valence-electron chi connectivity index (χ4n) is 3.04. The van der Waals surface area contributed by atoms with Crippen molar-refractivity contribution in [3.05, 3.63) is 77.1 Å². The van der Waals surface area contributed by atoms with E-state index in [-0.39, 0.29) is 5.91 Å². The normalized spacial score (nSPS) is 10.4. The number of nitrogens with one attached hydrogen (secondary N) is 2. The SMILES string of the molecule is CCc1cccc(C)c1NC(=O)c1cnc(NCCc2ccc(OC)cc2)nc1. The summed E-state index contributed by atoms with van der Waals surface area (Å²) in [5.74, 6) is 1.13. The van der Waals surface area contributed by atoms with Gasteiger partial charge in [0.1, 0.15) is 5.75 Å². The average molecular weight is 390 g/mol. The van der Waals surface area contributed by atoms with Crippen molar-refractivity contribution in [2.45, 2.75) is 26.7 Å². The molecular formula is C23H26N4O2. The Labute approximate surface area is 171 Å². The van der Waals surface area contributed by atoms with E-state index in [1.54, 1.807) is 19.5 Å². The molecule has 2 N–H and O–H groups in total. The summed E-state index contributed by atoms with van der Waals surface area (Å²) in [6.07, 6.45) is 4.78. The monoisotopic (exact) mass is 390 g/mol. The van der Waals surface area contributed by atoms with E-state index in [4.69, 9.17) is 4.74 Å². The Morgan fingerprint density at radius 2 is 1.79 bits per heavy atom. The minimum atomic E-state index is -0.209. The Kier molecular flexibility index (Phi) is 6.79.